The number of nitrogens with zero attached hydrogens (tertiary/aromatic N) is 2. The molecule has 0 amide bonds. The van der Waals surface area contributed by atoms with Gasteiger partial charge in [-0.05, 0) is 181 Å². The molecule has 0 heterocycles. The molecule has 5 N–H and O–H groups in total. The molecule has 0 aliphatic heterocycles. The number of phenols is 1. The fraction of sp³-hybridized carbons (Fsp3) is 0.0357. The Kier molecular flexibility index (Phi) is 39.9. The lowest BCUT2D eigenvalue weighted by molar-refractivity contribution is -0.385. The maximum absolute atomic E-state index is 11.1. The molecule has 0 aromatic heterocycles. The number of nitrogens with two attached hydrogens (primary N) is 2. The molecule has 0 unspecified atom stereocenters. The molecule has 0 saturated carbocycles. The quantitative estimate of drug-likeness (QED) is 0.0227. The number of nitro groups is 2. The van der Waals surface area contributed by atoms with Crippen LogP contribution in [-0.2, 0) is 0 Å². The molecule has 0 aliphatic rings. The van der Waals surface area contributed by atoms with Crippen LogP contribution in [0, 0.1) is 131 Å². The number of hydrogen-bond donors (Lipinski definition) is 3. The van der Waals surface area contributed by atoms with Crippen LogP contribution in [0.1, 0.15) is 93.2 Å². The largest absolute Gasteiger partial charge is 0.508 e. The average molecular weight is 1400 g/mol. The molecular formula is C84H60N4O17. The fourth-order valence-electron chi connectivity index (χ4n) is 7.17. The van der Waals surface area contributed by atoms with E-state index in [2.05, 4.69) is 0 Å². The second-order valence-corrected chi connectivity index (χ2v) is 19.1. The van der Waals surface area contributed by atoms with E-state index in [0.29, 0.717) is 67.6 Å². The average Bonchev–Trinajstić information content (AvgIpc) is 0.860. The van der Waals surface area contributed by atoms with Crippen LogP contribution < -0.4 is 25.7 Å². The first-order valence-electron chi connectivity index (χ1n) is 29.3. The summed E-state index contributed by atoms with van der Waals surface area (Å²) in [7, 11) is 4.61. The Balaban J connectivity index is 0.000000591. The van der Waals surface area contributed by atoms with Crippen LogP contribution >= 0.6 is 0 Å². The zero-order valence-electron chi connectivity index (χ0n) is 56.1. The summed E-state index contributed by atoms with van der Waals surface area (Å²) in [5, 5.41) is 29.5. The second-order valence-electron chi connectivity index (χ2n) is 19.1. The molecular weight excluding hydrogens is 1340 g/mol. The maximum atomic E-state index is 11.1. The van der Waals surface area contributed by atoms with Gasteiger partial charge >= 0.3 is 0 Å². The van der Waals surface area contributed by atoms with Crippen molar-refractivity contribution in [2.24, 2.45) is 0 Å². The molecule has 9 aromatic rings. The first-order chi connectivity index (χ1) is 50.2. The highest BCUT2D eigenvalue weighted by Gasteiger charge is 2.17. The summed E-state index contributed by atoms with van der Waals surface area (Å²) in [4.78, 5) is 118. The molecule has 518 valence electrons. The van der Waals surface area contributed by atoms with Crippen molar-refractivity contribution in [3.63, 3.8) is 0 Å². The van der Waals surface area contributed by atoms with E-state index in [9.17, 15) is 63.4 Å². The van der Waals surface area contributed by atoms with Crippen molar-refractivity contribution in [3.8, 4) is 134 Å². The second kappa shape index (κ2) is 48.4. The van der Waals surface area contributed by atoms with Crippen molar-refractivity contribution in [2.75, 3.05) is 32.8 Å². The predicted octanol–water partition coefficient (Wildman–Crippen LogP) is 12.2. The number of nitro benzene ring substituents is 2. The molecule has 0 radical (unpaired) electrons. The zero-order valence-corrected chi connectivity index (χ0v) is 56.1. The van der Waals surface area contributed by atoms with Gasteiger partial charge in [-0.2, -0.15) is 0 Å². The number of nitrogen functional groups attached to an aromatic ring is 2. The van der Waals surface area contributed by atoms with E-state index < -0.39 is 21.4 Å². The van der Waals surface area contributed by atoms with Gasteiger partial charge in [-0.3, -0.25) is 63.4 Å². The monoisotopic (exact) mass is 1400 g/mol. The van der Waals surface area contributed by atoms with Crippen LogP contribution in [0.25, 0.3) is 0 Å². The van der Waals surface area contributed by atoms with Crippen molar-refractivity contribution < 1.29 is 72.3 Å². The SMILES string of the molecule is C#CC(=O)c1ccc(N)cc1.C#CC(=O)c1ccc(O)cc1.C#CC(=O)c1ccc(OC)cc1.C#CC(=O)c1ccc([N+](=O)[O-])cc1.C#CC(=O)c1cccc(OC)c1.C#CC(=O)c1ccccc1.C#CC(=O)c1ccccc1N.C#CC(=O)c1ccccc1OC.C#CC(=O)c1ccccc1[N+](=O)[O-]. The lowest BCUT2D eigenvalue weighted by atomic mass is 10.1. The molecule has 105 heavy (non-hydrogen) atoms. The molecule has 0 bridgehead atoms. The summed E-state index contributed by atoms with van der Waals surface area (Å²) in [5.41, 5.74) is 15.2. The molecule has 0 aliphatic carbocycles. The van der Waals surface area contributed by atoms with Crippen molar-refractivity contribution in [2.45, 2.75) is 0 Å². The number of anilines is 2. The Morgan fingerprint density at radius 2 is 0.667 bits per heavy atom. The van der Waals surface area contributed by atoms with E-state index in [4.69, 9.17) is 88.6 Å². The standard InChI is InChI=1S/3C10H8O2.2C9H5NO3.2C9H7NO.C9H6O2.C9H6O/c1-3-10(11)8-4-6-9(12-2)7-5-8;1-3-10(11)8-5-4-6-9(7-8)12-2;1-3-9(11)8-6-4-5-7-10(8)12-2;1-2-9(11)7-3-5-8(6-4-7)10(12)13;1-2-9(11)7-5-3-4-6-8(7)10(12)13;1-2-9(11)7-3-5-8(10)6-4-7;1-2-9(11)7-5-3-4-6-8(7)10;1-2-9(11)7-3-5-8(10)6-4-7;1-2-9(10)8-6-4-3-5-7-8/h3*1,4-7H,2H3;2*1,3-6H;2*1,3-6H,10H2;1,3-6,10H;1,3-7H. The van der Waals surface area contributed by atoms with Gasteiger partial charge in [0.15, 0.2) is 0 Å². The number of Topliss-reactive ketones (excluding diaryl/α,β-unsaturated/α-hetero) is 9. The number of aromatic hydroxyl groups is 1. The summed E-state index contributed by atoms with van der Waals surface area (Å²) < 4.78 is 14.8. The van der Waals surface area contributed by atoms with Crippen LogP contribution in [0.3, 0.4) is 0 Å². The Hall–Kier alpha value is -16.4. The minimum Gasteiger partial charge on any atom is -0.508 e. The third-order valence-corrected chi connectivity index (χ3v) is 12.4. The number of rotatable bonds is 14. The molecule has 0 fully saturated rings. The molecule has 9 rings (SSSR count). The van der Waals surface area contributed by atoms with E-state index >= 15 is 0 Å². The van der Waals surface area contributed by atoms with E-state index in [-0.39, 0.29) is 68.7 Å². The number of non-ortho nitro benzene ring substituents is 1. The smallest absolute Gasteiger partial charge is 0.281 e. The van der Waals surface area contributed by atoms with Crippen molar-refractivity contribution in [1.29, 1.82) is 0 Å². The topological polar surface area (TPSA) is 340 Å². The van der Waals surface area contributed by atoms with Gasteiger partial charge < -0.3 is 30.8 Å². The number of benzene rings is 9. The Bertz CT molecular complexity index is 4910. The minimum atomic E-state index is -0.674. The normalized spacial score (nSPS) is 8.67. The lowest BCUT2D eigenvalue weighted by Gasteiger charge is -2.02. The van der Waals surface area contributed by atoms with Crippen molar-refractivity contribution in [1.82, 2.24) is 0 Å². The fourth-order valence-corrected chi connectivity index (χ4v) is 7.17. The maximum Gasteiger partial charge on any atom is 0.281 e. The number of carbonyl (C=O) groups is 9. The summed E-state index contributed by atoms with van der Waals surface area (Å²) in [6, 6.07) is 58.9. The van der Waals surface area contributed by atoms with Gasteiger partial charge in [-0.25, -0.2) is 0 Å². The van der Waals surface area contributed by atoms with Gasteiger partial charge in [0.2, 0.25) is 52.0 Å². The number of terminal acetylenes is 9. The minimum absolute atomic E-state index is 0.0463. The number of carbonyl (C=O) groups excluding carboxylic acids is 9. The molecule has 0 saturated heterocycles. The Morgan fingerprint density at radius 1 is 0.333 bits per heavy atom. The summed E-state index contributed by atoms with van der Waals surface area (Å²) in [6.45, 7) is 0. The van der Waals surface area contributed by atoms with Gasteiger partial charge in [-0.15, -0.1) is 57.8 Å². The zero-order chi connectivity index (χ0) is 78.8. The van der Waals surface area contributed by atoms with Gasteiger partial charge in [0.25, 0.3) is 11.4 Å². The third kappa shape index (κ3) is 31.6. The first kappa shape index (κ1) is 86.7. The van der Waals surface area contributed by atoms with Crippen LogP contribution in [0.4, 0.5) is 22.7 Å². The van der Waals surface area contributed by atoms with Crippen LogP contribution in [0.2, 0.25) is 0 Å². The van der Waals surface area contributed by atoms with Crippen molar-refractivity contribution in [3.05, 3.63) is 295 Å². The molecule has 21 nitrogen and oxygen atoms in total. The molecule has 21 heteroatoms. The van der Waals surface area contributed by atoms with E-state index in [1.54, 1.807) is 160 Å². The highest BCUT2D eigenvalue weighted by Crippen LogP contribution is 2.20. The number of ketones is 9. The summed E-state index contributed by atoms with van der Waals surface area (Å²) in [5.74, 6) is 16.4. The Morgan fingerprint density at radius 3 is 1.08 bits per heavy atom. The number of methoxy groups -OCH3 is 3. The number of ether oxygens (including phenoxy) is 3. The van der Waals surface area contributed by atoms with Gasteiger partial charge in [-0.1, -0.05) is 78.9 Å². The van der Waals surface area contributed by atoms with Crippen LogP contribution in [-0.4, -0.2) is 88.3 Å². The third-order valence-electron chi connectivity index (χ3n) is 12.4. The molecule has 0 spiro atoms. The summed E-state index contributed by atoms with van der Waals surface area (Å²) in [6.07, 6.45) is 44.2. The Labute approximate surface area is 605 Å². The highest BCUT2D eigenvalue weighted by atomic mass is 16.6. The van der Waals surface area contributed by atoms with Crippen molar-refractivity contribution >= 4 is 74.8 Å². The lowest BCUT2D eigenvalue weighted by Crippen LogP contribution is -2.00. The number of para-hydroxylation sites is 3. The predicted molar refractivity (Wildman–Crippen MR) is 400 cm³/mol. The molecule has 0 atom stereocenters. The van der Waals surface area contributed by atoms with Crippen LogP contribution in [0.5, 0.6) is 23.0 Å². The van der Waals surface area contributed by atoms with Gasteiger partial charge in [0.05, 0.1) is 42.3 Å². The molecule has 9 aromatic carbocycles. The summed E-state index contributed by atoms with van der Waals surface area (Å²) >= 11 is 0. The highest BCUT2D eigenvalue weighted by molar-refractivity contribution is 6.14. The van der Waals surface area contributed by atoms with Gasteiger partial charge in [0, 0.05) is 63.0 Å². The van der Waals surface area contributed by atoms with E-state index in [0.717, 1.165) is 0 Å². The van der Waals surface area contributed by atoms with Crippen LogP contribution in [0.15, 0.2) is 224 Å². The van der Waals surface area contributed by atoms with Gasteiger partial charge in [0.1, 0.15) is 28.6 Å². The van der Waals surface area contributed by atoms with E-state index in [1.807, 2.05) is 59.4 Å². The first-order valence-corrected chi connectivity index (χ1v) is 29.3. The van der Waals surface area contributed by atoms with E-state index in [1.165, 1.54) is 79.9 Å². The number of hydrogen-bond acceptors (Lipinski definition) is 19. The number of phenolic OH excluding ortho intramolecular Hbond substituents is 1.